The zero-order valence-corrected chi connectivity index (χ0v) is 5.40. The molecular weight excluding hydrogens is 124 g/mol. The lowest BCUT2D eigenvalue weighted by Gasteiger charge is -1.85. The predicted molar refractivity (Wildman–Crippen MR) is 34.8 cm³/mol. The van der Waals surface area contributed by atoms with E-state index in [2.05, 4.69) is 6.58 Å². The molecule has 0 spiro atoms. The van der Waals surface area contributed by atoms with E-state index in [9.17, 15) is 4.79 Å². The van der Waals surface area contributed by atoms with Crippen molar-refractivity contribution in [2.75, 3.05) is 0 Å². The first-order chi connectivity index (χ1) is 3.72. The third-order valence-corrected chi connectivity index (χ3v) is 0.976. The molecular formula is C6H7ClO. The molecule has 0 rings (SSSR count). The van der Waals surface area contributed by atoms with E-state index in [0.29, 0.717) is 5.57 Å². The van der Waals surface area contributed by atoms with Crippen LogP contribution in [0.15, 0.2) is 24.3 Å². The van der Waals surface area contributed by atoms with Gasteiger partial charge in [0.05, 0.1) is 0 Å². The number of halogens is 1. The summed E-state index contributed by atoms with van der Waals surface area (Å²) < 4.78 is 0. The molecule has 1 nitrogen and oxygen atoms in total. The van der Waals surface area contributed by atoms with Crippen LogP contribution in [-0.2, 0) is 4.79 Å². The molecule has 0 aliphatic heterocycles. The van der Waals surface area contributed by atoms with Crippen molar-refractivity contribution in [1.82, 2.24) is 0 Å². The van der Waals surface area contributed by atoms with Crippen LogP contribution in [0, 0.1) is 0 Å². The van der Waals surface area contributed by atoms with Crippen molar-refractivity contribution in [1.29, 1.82) is 0 Å². The average Bonchev–Trinajstić information content (AvgIpc) is 1.69. The second kappa shape index (κ2) is 3.44. The highest BCUT2D eigenvalue weighted by Gasteiger charge is 1.95. The summed E-state index contributed by atoms with van der Waals surface area (Å²) in [4.78, 5) is 10.2. The van der Waals surface area contributed by atoms with Crippen LogP contribution in [0.4, 0.5) is 0 Å². The lowest BCUT2D eigenvalue weighted by Crippen LogP contribution is -1.86. The molecule has 0 aromatic carbocycles. The SMILES string of the molecule is C=C/C(=C\C)C(=O)Cl. The van der Waals surface area contributed by atoms with Gasteiger partial charge in [-0.05, 0) is 18.5 Å². The minimum Gasteiger partial charge on any atom is -0.276 e. The normalized spacial score (nSPS) is 11.0. The van der Waals surface area contributed by atoms with Gasteiger partial charge in [-0.15, -0.1) is 0 Å². The van der Waals surface area contributed by atoms with Crippen molar-refractivity contribution in [2.45, 2.75) is 6.92 Å². The Hall–Kier alpha value is -0.560. The van der Waals surface area contributed by atoms with Gasteiger partial charge in [-0.1, -0.05) is 18.7 Å². The Kier molecular flexibility index (Phi) is 3.20. The van der Waals surface area contributed by atoms with Gasteiger partial charge < -0.3 is 0 Å². The largest absolute Gasteiger partial charge is 0.276 e. The highest BCUT2D eigenvalue weighted by atomic mass is 35.5. The highest BCUT2D eigenvalue weighted by Crippen LogP contribution is 1.99. The summed E-state index contributed by atoms with van der Waals surface area (Å²) >= 11 is 5.07. The minimum atomic E-state index is -0.456. The first-order valence-corrected chi connectivity index (χ1v) is 2.58. The van der Waals surface area contributed by atoms with E-state index in [1.54, 1.807) is 13.0 Å². The molecule has 0 saturated heterocycles. The van der Waals surface area contributed by atoms with Crippen molar-refractivity contribution in [3.05, 3.63) is 24.3 Å². The molecule has 0 fully saturated rings. The highest BCUT2D eigenvalue weighted by molar-refractivity contribution is 6.68. The van der Waals surface area contributed by atoms with E-state index in [1.165, 1.54) is 6.08 Å². The van der Waals surface area contributed by atoms with Gasteiger partial charge >= 0.3 is 0 Å². The molecule has 0 aromatic rings. The van der Waals surface area contributed by atoms with Gasteiger partial charge in [-0.3, -0.25) is 4.79 Å². The predicted octanol–water partition coefficient (Wildman–Crippen LogP) is 1.88. The molecule has 0 aliphatic carbocycles. The van der Waals surface area contributed by atoms with Crippen LogP contribution in [0.5, 0.6) is 0 Å². The maximum atomic E-state index is 10.2. The summed E-state index contributed by atoms with van der Waals surface area (Å²) in [7, 11) is 0. The van der Waals surface area contributed by atoms with Crippen LogP contribution in [0.1, 0.15) is 6.92 Å². The molecule has 0 radical (unpaired) electrons. The van der Waals surface area contributed by atoms with Crippen LogP contribution in [-0.4, -0.2) is 5.24 Å². The van der Waals surface area contributed by atoms with Gasteiger partial charge in [-0.2, -0.15) is 0 Å². The van der Waals surface area contributed by atoms with Crippen LogP contribution in [0.25, 0.3) is 0 Å². The Balaban J connectivity index is 4.13. The van der Waals surface area contributed by atoms with Crippen LogP contribution in [0.2, 0.25) is 0 Å². The fourth-order valence-electron chi connectivity index (χ4n) is 0.312. The van der Waals surface area contributed by atoms with Gasteiger partial charge in [-0.25, -0.2) is 0 Å². The Morgan fingerprint density at radius 2 is 2.25 bits per heavy atom. The van der Waals surface area contributed by atoms with E-state index in [1.807, 2.05) is 0 Å². The molecule has 0 bridgehead atoms. The lowest BCUT2D eigenvalue weighted by atomic mass is 10.3. The van der Waals surface area contributed by atoms with Crippen molar-refractivity contribution in [2.24, 2.45) is 0 Å². The Bertz CT molecular complexity index is 135. The Morgan fingerprint density at radius 1 is 1.75 bits per heavy atom. The van der Waals surface area contributed by atoms with Gasteiger partial charge in [0, 0.05) is 5.57 Å². The number of allylic oxidation sites excluding steroid dienone is 3. The van der Waals surface area contributed by atoms with E-state index < -0.39 is 5.24 Å². The van der Waals surface area contributed by atoms with Crippen molar-refractivity contribution in [3.63, 3.8) is 0 Å². The number of rotatable bonds is 2. The molecule has 0 aliphatic rings. The molecule has 0 atom stereocenters. The molecule has 0 heterocycles. The number of hydrogen-bond donors (Lipinski definition) is 0. The molecule has 2 heteroatoms. The Labute approximate surface area is 53.6 Å². The molecule has 0 N–H and O–H groups in total. The fourth-order valence-corrected chi connectivity index (χ4v) is 0.498. The molecule has 0 saturated carbocycles. The minimum absolute atomic E-state index is 0.451. The third kappa shape index (κ3) is 1.94. The third-order valence-electron chi connectivity index (χ3n) is 0.758. The molecule has 0 unspecified atom stereocenters. The van der Waals surface area contributed by atoms with Crippen LogP contribution >= 0.6 is 11.6 Å². The summed E-state index contributed by atoms with van der Waals surface area (Å²) in [6, 6.07) is 0. The van der Waals surface area contributed by atoms with Crippen molar-refractivity contribution < 1.29 is 4.79 Å². The van der Waals surface area contributed by atoms with E-state index in [-0.39, 0.29) is 0 Å². The monoisotopic (exact) mass is 130 g/mol. The first kappa shape index (κ1) is 7.44. The summed E-state index contributed by atoms with van der Waals surface area (Å²) in [6.07, 6.45) is 3.04. The maximum absolute atomic E-state index is 10.2. The number of hydrogen-bond acceptors (Lipinski definition) is 1. The topological polar surface area (TPSA) is 17.1 Å². The van der Waals surface area contributed by atoms with Crippen molar-refractivity contribution >= 4 is 16.8 Å². The zero-order chi connectivity index (χ0) is 6.57. The van der Waals surface area contributed by atoms with Gasteiger partial charge in [0.15, 0.2) is 0 Å². The first-order valence-electron chi connectivity index (χ1n) is 2.21. The fraction of sp³-hybridized carbons (Fsp3) is 0.167. The second-order valence-electron chi connectivity index (χ2n) is 1.22. The zero-order valence-electron chi connectivity index (χ0n) is 4.65. The maximum Gasteiger partial charge on any atom is 0.252 e. The lowest BCUT2D eigenvalue weighted by molar-refractivity contribution is -0.108. The molecule has 0 amide bonds. The average molecular weight is 131 g/mol. The quantitative estimate of drug-likeness (QED) is 0.317. The molecule has 0 aromatic heterocycles. The summed E-state index contributed by atoms with van der Waals surface area (Å²) in [5.74, 6) is 0. The Morgan fingerprint density at radius 3 is 2.25 bits per heavy atom. The summed E-state index contributed by atoms with van der Waals surface area (Å²) in [6.45, 7) is 5.11. The van der Waals surface area contributed by atoms with E-state index in [0.717, 1.165) is 0 Å². The van der Waals surface area contributed by atoms with Gasteiger partial charge in [0.2, 0.25) is 0 Å². The molecule has 44 valence electrons. The summed E-state index contributed by atoms with van der Waals surface area (Å²) in [5, 5.41) is -0.456. The van der Waals surface area contributed by atoms with Gasteiger partial charge in [0.25, 0.3) is 5.24 Å². The van der Waals surface area contributed by atoms with Gasteiger partial charge in [0.1, 0.15) is 0 Å². The molecule has 8 heavy (non-hydrogen) atoms. The van der Waals surface area contributed by atoms with Crippen molar-refractivity contribution in [3.8, 4) is 0 Å². The van der Waals surface area contributed by atoms with Crippen LogP contribution < -0.4 is 0 Å². The van der Waals surface area contributed by atoms with E-state index >= 15 is 0 Å². The second-order valence-corrected chi connectivity index (χ2v) is 1.57. The number of carbonyl (C=O) groups excluding carboxylic acids is 1. The standard InChI is InChI=1S/C6H7ClO/c1-3-5(4-2)6(7)8/h3-4H,1H2,2H3/b5-4+. The van der Waals surface area contributed by atoms with E-state index in [4.69, 9.17) is 11.6 Å². The smallest absolute Gasteiger partial charge is 0.252 e. The van der Waals surface area contributed by atoms with Crippen LogP contribution in [0.3, 0.4) is 0 Å². The summed E-state index contributed by atoms with van der Waals surface area (Å²) in [5.41, 5.74) is 0.451. The number of carbonyl (C=O) groups is 1.